The summed E-state index contributed by atoms with van der Waals surface area (Å²) in [7, 11) is 1.65. The Morgan fingerprint density at radius 2 is 1.89 bits per heavy atom. The van der Waals surface area contributed by atoms with Crippen molar-refractivity contribution in [1.82, 2.24) is 14.5 Å². The smallest absolute Gasteiger partial charge is 0.249 e. The average Bonchev–Trinajstić information content (AvgIpc) is 3.26. The molecule has 0 aliphatic heterocycles. The third-order valence-corrected chi connectivity index (χ3v) is 5.94. The van der Waals surface area contributed by atoms with Crippen LogP contribution in [0.25, 0.3) is 28.6 Å². The predicted molar refractivity (Wildman–Crippen MR) is 139 cm³/mol. The Kier molecular flexibility index (Phi) is 8.07. The fourth-order valence-electron chi connectivity index (χ4n) is 3.63. The summed E-state index contributed by atoms with van der Waals surface area (Å²) < 4.78 is 21.0. The third-order valence-electron chi connectivity index (χ3n) is 5.26. The van der Waals surface area contributed by atoms with Crippen molar-refractivity contribution in [2.75, 3.05) is 25.3 Å². The minimum absolute atomic E-state index is 0.282. The molecule has 4 rings (SSSR count). The number of pyridine rings is 1. The van der Waals surface area contributed by atoms with Crippen LogP contribution in [0.5, 0.6) is 0 Å². The van der Waals surface area contributed by atoms with Gasteiger partial charge >= 0.3 is 0 Å². The van der Waals surface area contributed by atoms with Crippen molar-refractivity contribution >= 4 is 29.6 Å². The van der Waals surface area contributed by atoms with E-state index in [9.17, 15) is 9.18 Å². The highest BCUT2D eigenvalue weighted by Crippen LogP contribution is 2.36. The lowest BCUT2D eigenvalue weighted by Crippen LogP contribution is -2.10. The number of aromatic nitrogens is 3. The van der Waals surface area contributed by atoms with E-state index in [-0.39, 0.29) is 11.7 Å². The number of carbonyl (C=O) groups excluding carboxylic acids is 1. The maximum Gasteiger partial charge on any atom is 0.249 e. The van der Waals surface area contributed by atoms with E-state index in [0.29, 0.717) is 19.0 Å². The van der Waals surface area contributed by atoms with Crippen LogP contribution < -0.4 is 5.32 Å². The molecule has 2 heterocycles. The van der Waals surface area contributed by atoms with Gasteiger partial charge in [-0.05, 0) is 54.3 Å². The number of nitrogens with one attached hydrogen (secondary N) is 1. The molecule has 0 atom stereocenters. The van der Waals surface area contributed by atoms with Crippen LogP contribution in [0.2, 0.25) is 0 Å². The first-order valence-corrected chi connectivity index (χ1v) is 12.2. The summed E-state index contributed by atoms with van der Waals surface area (Å²) >= 11 is 1.52. The van der Waals surface area contributed by atoms with Crippen LogP contribution in [0.15, 0.2) is 84.2 Å². The van der Waals surface area contributed by atoms with Crippen molar-refractivity contribution in [3.8, 4) is 22.5 Å². The minimum atomic E-state index is -0.309. The lowest BCUT2D eigenvalue weighted by atomic mass is 10.1. The number of benzene rings is 2. The Morgan fingerprint density at radius 3 is 2.60 bits per heavy atom. The summed E-state index contributed by atoms with van der Waals surface area (Å²) in [4.78, 5) is 21.7. The van der Waals surface area contributed by atoms with Gasteiger partial charge in [-0.2, -0.15) is 0 Å². The number of imidazole rings is 1. The highest BCUT2D eigenvalue weighted by Gasteiger charge is 2.20. The van der Waals surface area contributed by atoms with E-state index < -0.39 is 0 Å². The number of nitrogens with zero attached hydrogens (tertiary/aromatic N) is 3. The van der Waals surface area contributed by atoms with Crippen molar-refractivity contribution in [2.24, 2.45) is 0 Å². The first-order chi connectivity index (χ1) is 17.1. The molecule has 1 N–H and O–H groups in total. The van der Waals surface area contributed by atoms with Crippen LogP contribution >= 0.6 is 11.8 Å². The maximum atomic E-state index is 13.6. The number of rotatable bonds is 9. The monoisotopic (exact) mass is 488 g/mol. The number of methoxy groups -OCH3 is 1. The summed E-state index contributed by atoms with van der Waals surface area (Å²) in [5, 5.41) is 3.64. The number of hydrogen-bond acceptors (Lipinski definition) is 5. The van der Waals surface area contributed by atoms with Gasteiger partial charge in [-0.15, -0.1) is 0 Å². The van der Waals surface area contributed by atoms with Gasteiger partial charge in [-0.3, -0.25) is 4.79 Å². The molecule has 0 saturated heterocycles. The Morgan fingerprint density at radius 1 is 1.11 bits per heavy atom. The predicted octanol–water partition coefficient (Wildman–Crippen LogP) is 5.77. The zero-order chi connectivity index (χ0) is 24.6. The second kappa shape index (κ2) is 11.6. The normalized spacial score (nSPS) is 11.2. The summed E-state index contributed by atoms with van der Waals surface area (Å²) in [6.07, 6.45) is 6.83. The Labute approximate surface area is 207 Å². The molecule has 8 heteroatoms. The first kappa shape index (κ1) is 24.4. The van der Waals surface area contributed by atoms with Gasteiger partial charge in [-0.1, -0.05) is 42.1 Å². The highest BCUT2D eigenvalue weighted by atomic mass is 32.2. The molecule has 0 radical (unpaired) electrons. The molecule has 178 valence electrons. The van der Waals surface area contributed by atoms with Crippen molar-refractivity contribution in [1.29, 1.82) is 0 Å². The number of carbonyl (C=O) groups is 1. The lowest BCUT2D eigenvalue weighted by molar-refractivity contribution is -0.111. The fraction of sp³-hybridized carbons (Fsp3) is 0.148. The Hall–Kier alpha value is -3.75. The standard InChI is InChI=1S/C27H25FN4O2S/c1-34-17-16-32-26(25(31-27(32)35-2)20-9-11-22(28)12-10-20)21-14-15-29-23(18-21)30-24(33)13-8-19-6-4-3-5-7-19/h3-15,18H,16-17H2,1-2H3,(H,29,30,33). The van der Waals surface area contributed by atoms with Crippen LogP contribution in [-0.2, 0) is 16.1 Å². The molecule has 0 aliphatic carbocycles. The molecule has 4 aromatic rings. The molecular weight excluding hydrogens is 463 g/mol. The van der Waals surface area contributed by atoms with Crippen LogP contribution in [0.3, 0.4) is 0 Å². The molecule has 1 amide bonds. The quantitative estimate of drug-likeness (QED) is 0.239. The molecule has 0 spiro atoms. The molecule has 35 heavy (non-hydrogen) atoms. The van der Waals surface area contributed by atoms with E-state index >= 15 is 0 Å². The van der Waals surface area contributed by atoms with E-state index in [2.05, 4.69) is 14.9 Å². The van der Waals surface area contributed by atoms with Gasteiger partial charge < -0.3 is 14.6 Å². The van der Waals surface area contributed by atoms with Gasteiger partial charge in [0.15, 0.2) is 5.16 Å². The molecule has 0 unspecified atom stereocenters. The SMILES string of the molecule is COCCn1c(SC)nc(-c2ccc(F)cc2)c1-c1ccnc(NC(=O)C=Cc2ccccc2)c1. The summed E-state index contributed by atoms with van der Waals surface area (Å²) in [5.74, 6) is -0.174. The third kappa shape index (κ3) is 6.03. The van der Waals surface area contributed by atoms with Crippen molar-refractivity contribution in [2.45, 2.75) is 11.7 Å². The van der Waals surface area contributed by atoms with Crippen molar-refractivity contribution in [3.05, 3.63) is 90.4 Å². The van der Waals surface area contributed by atoms with Gasteiger partial charge in [0.05, 0.1) is 18.0 Å². The number of anilines is 1. The second-order valence-corrected chi connectivity index (χ2v) is 8.38. The lowest BCUT2D eigenvalue weighted by Gasteiger charge is -2.13. The molecular formula is C27H25FN4O2S. The van der Waals surface area contributed by atoms with Gasteiger partial charge in [0.2, 0.25) is 5.91 Å². The number of ether oxygens (including phenoxy) is 1. The van der Waals surface area contributed by atoms with Crippen LogP contribution in [-0.4, -0.2) is 40.4 Å². The van der Waals surface area contributed by atoms with Crippen molar-refractivity contribution < 1.29 is 13.9 Å². The van der Waals surface area contributed by atoms with Gasteiger partial charge in [0.1, 0.15) is 11.6 Å². The first-order valence-electron chi connectivity index (χ1n) is 11.0. The molecule has 6 nitrogen and oxygen atoms in total. The van der Waals surface area contributed by atoms with Crippen molar-refractivity contribution in [3.63, 3.8) is 0 Å². The number of hydrogen-bond donors (Lipinski definition) is 1. The van der Waals surface area contributed by atoms with Gasteiger partial charge in [0, 0.05) is 37.1 Å². The van der Waals surface area contributed by atoms with E-state index in [1.807, 2.05) is 48.7 Å². The van der Waals surface area contributed by atoms with E-state index in [0.717, 1.165) is 33.2 Å². The van der Waals surface area contributed by atoms with E-state index in [1.165, 1.54) is 30.0 Å². The second-order valence-electron chi connectivity index (χ2n) is 7.61. The Bertz CT molecular complexity index is 1320. The van der Waals surface area contributed by atoms with Gasteiger partial charge in [-0.25, -0.2) is 14.4 Å². The summed E-state index contributed by atoms with van der Waals surface area (Å²) in [5.41, 5.74) is 4.11. The summed E-state index contributed by atoms with van der Waals surface area (Å²) in [6, 6.07) is 19.5. The zero-order valence-electron chi connectivity index (χ0n) is 19.4. The maximum absolute atomic E-state index is 13.6. The number of amides is 1. The Balaban J connectivity index is 1.70. The molecule has 0 aliphatic rings. The van der Waals surface area contributed by atoms with Crippen LogP contribution in [0, 0.1) is 5.82 Å². The molecule has 0 fully saturated rings. The topological polar surface area (TPSA) is 69.0 Å². The molecule has 0 bridgehead atoms. The minimum Gasteiger partial charge on any atom is -0.383 e. The molecule has 2 aromatic heterocycles. The zero-order valence-corrected chi connectivity index (χ0v) is 20.3. The highest BCUT2D eigenvalue weighted by molar-refractivity contribution is 7.98. The van der Waals surface area contributed by atoms with Crippen LogP contribution in [0.1, 0.15) is 5.56 Å². The van der Waals surface area contributed by atoms with E-state index in [1.54, 1.807) is 31.5 Å². The fourth-order valence-corrected chi connectivity index (χ4v) is 4.22. The van der Waals surface area contributed by atoms with Gasteiger partial charge in [0.25, 0.3) is 0 Å². The molecule has 2 aromatic carbocycles. The number of halogens is 1. The number of thioether (sulfide) groups is 1. The van der Waals surface area contributed by atoms with Crippen LogP contribution in [0.4, 0.5) is 10.2 Å². The molecule has 0 saturated carbocycles. The summed E-state index contributed by atoms with van der Waals surface area (Å²) in [6.45, 7) is 1.08. The largest absolute Gasteiger partial charge is 0.383 e. The van der Waals surface area contributed by atoms with E-state index in [4.69, 9.17) is 9.72 Å². The average molecular weight is 489 g/mol.